The van der Waals surface area contributed by atoms with Crippen LogP contribution in [0.2, 0.25) is 0 Å². The van der Waals surface area contributed by atoms with Gasteiger partial charge in [0.2, 0.25) is 0 Å². The van der Waals surface area contributed by atoms with Gasteiger partial charge in [0, 0.05) is 17.4 Å². The molecule has 0 aliphatic rings. The summed E-state index contributed by atoms with van der Waals surface area (Å²) in [6.07, 6.45) is 1.64. The molecule has 152 valence electrons. The number of aromatic nitrogens is 3. The monoisotopic (exact) mass is 420 g/mol. The Balaban J connectivity index is 1.69. The van der Waals surface area contributed by atoms with Crippen molar-refractivity contribution < 1.29 is 9.34 Å². The van der Waals surface area contributed by atoms with Crippen LogP contribution in [0.15, 0.2) is 76.5 Å². The Morgan fingerprint density at radius 1 is 1.13 bits per heavy atom. The zero-order valence-electron chi connectivity index (χ0n) is 16.6. The first-order valence-electron chi connectivity index (χ1n) is 9.45. The Bertz CT molecular complexity index is 1170. The Morgan fingerprint density at radius 3 is 2.63 bits per heavy atom. The highest BCUT2D eigenvalue weighted by Gasteiger charge is 2.21. The van der Waals surface area contributed by atoms with E-state index in [1.54, 1.807) is 18.4 Å². The number of furan rings is 1. The molecule has 0 fully saturated rings. The fourth-order valence-electron chi connectivity index (χ4n) is 3.22. The van der Waals surface area contributed by atoms with Crippen LogP contribution >= 0.6 is 11.8 Å². The summed E-state index contributed by atoms with van der Waals surface area (Å²) in [7, 11) is 0. The number of hydrogen-bond donors (Lipinski definition) is 0. The van der Waals surface area contributed by atoms with E-state index in [0.29, 0.717) is 6.54 Å². The van der Waals surface area contributed by atoms with Gasteiger partial charge >= 0.3 is 0 Å². The van der Waals surface area contributed by atoms with Crippen molar-refractivity contribution in [1.82, 2.24) is 14.8 Å². The lowest BCUT2D eigenvalue weighted by Crippen LogP contribution is -2.05. The maximum Gasteiger partial charge on any atom is 0.269 e. The molecule has 0 saturated carbocycles. The van der Waals surface area contributed by atoms with Gasteiger partial charge in [-0.15, -0.1) is 10.2 Å². The summed E-state index contributed by atoms with van der Waals surface area (Å²) in [5.74, 6) is 1.51. The molecular formula is C22H20N4O3S. The highest BCUT2D eigenvalue weighted by atomic mass is 32.2. The van der Waals surface area contributed by atoms with E-state index in [1.807, 2.05) is 44.2 Å². The number of benzene rings is 2. The minimum absolute atomic E-state index is 0.0399. The lowest BCUT2D eigenvalue weighted by Gasteiger charge is -2.14. The molecule has 0 amide bonds. The first-order valence-corrected chi connectivity index (χ1v) is 10.3. The van der Waals surface area contributed by atoms with Gasteiger partial charge in [-0.25, -0.2) is 0 Å². The van der Waals surface area contributed by atoms with E-state index in [4.69, 9.17) is 4.42 Å². The second kappa shape index (κ2) is 8.54. The summed E-state index contributed by atoms with van der Waals surface area (Å²) >= 11 is 1.52. The number of nitro benzene ring substituents is 1. The summed E-state index contributed by atoms with van der Waals surface area (Å²) in [4.78, 5) is 10.7. The second-order valence-corrected chi connectivity index (χ2v) is 8.19. The van der Waals surface area contributed by atoms with Gasteiger partial charge < -0.3 is 4.42 Å². The molecule has 1 unspecified atom stereocenters. The van der Waals surface area contributed by atoms with Gasteiger partial charge in [0.05, 0.1) is 23.3 Å². The van der Waals surface area contributed by atoms with Crippen LogP contribution in [0.5, 0.6) is 0 Å². The van der Waals surface area contributed by atoms with E-state index in [9.17, 15) is 10.1 Å². The van der Waals surface area contributed by atoms with Gasteiger partial charge in [0.15, 0.2) is 11.0 Å². The molecule has 0 saturated heterocycles. The smallest absolute Gasteiger partial charge is 0.269 e. The van der Waals surface area contributed by atoms with Crippen molar-refractivity contribution in [3.63, 3.8) is 0 Å². The summed E-state index contributed by atoms with van der Waals surface area (Å²) in [5, 5.41) is 20.7. The van der Waals surface area contributed by atoms with Crippen LogP contribution in [0.4, 0.5) is 5.69 Å². The molecule has 2 aromatic heterocycles. The first kappa shape index (κ1) is 19.9. The van der Waals surface area contributed by atoms with Crippen LogP contribution in [0.3, 0.4) is 0 Å². The summed E-state index contributed by atoms with van der Waals surface area (Å²) in [6, 6.07) is 18.7. The van der Waals surface area contributed by atoms with E-state index in [0.717, 1.165) is 33.4 Å². The predicted molar refractivity (Wildman–Crippen MR) is 115 cm³/mol. The van der Waals surface area contributed by atoms with E-state index in [-0.39, 0.29) is 15.9 Å². The quantitative estimate of drug-likeness (QED) is 0.218. The second-order valence-electron chi connectivity index (χ2n) is 6.88. The van der Waals surface area contributed by atoms with E-state index < -0.39 is 0 Å². The van der Waals surface area contributed by atoms with Crippen molar-refractivity contribution in [1.29, 1.82) is 0 Å². The fourth-order valence-corrected chi connectivity index (χ4v) is 4.18. The van der Waals surface area contributed by atoms with Crippen molar-refractivity contribution >= 4 is 17.4 Å². The molecule has 0 N–H and O–H groups in total. The van der Waals surface area contributed by atoms with Gasteiger partial charge in [0.1, 0.15) is 5.76 Å². The van der Waals surface area contributed by atoms with Crippen molar-refractivity contribution in [2.75, 3.05) is 0 Å². The van der Waals surface area contributed by atoms with Crippen LogP contribution in [0, 0.1) is 17.0 Å². The molecule has 7 nitrogen and oxygen atoms in total. The molecule has 2 aromatic carbocycles. The maximum atomic E-state index is 11.1. The van der Waals surface area contributed by atoms with Crippen LogP contribution in [0.25, 0.3) is 11.4 Å². The van der Waals surface area contributed by atoms with Gasteiger partial charge in [-0.05, 0) is 31.0 Å². The van der Waals surface area contributed by atoms with Gasteiger partial charge in [-0.3, -0.25) is 14.7 Å². The third-order valence-electron chi connectivity index (χ3n) is 4.83. The number of non-ortho nitro benzene ring substituents is 1. The number of hydrogen-bond acceptors (Lipinski definition) is 6. The largest absolute Gasteiger partial charge is 0.469 e. The first-order chi connectivity index (χ1) is 14.5. The Morgan fingerprint density at radius 2 is 1.93 bits per heavy atom. The molecule has 0 aliphatic carbocycles. The SMILES string of the molecule is Cc1occc1-c1nnc(SC(C)c2cccc([N+](=O)[O-])c2)n1Cc1ccccc1. The maximum absolute atomic E-state index is 11.1. The highest BCUT2D eigenvalue weighted by molar-refractivity contribution is 7.99. The standard InChI is InChI=1S/C22H20N4O3S/c1-15-20(11-12-29-15)21-23-24-22(25(21)14-17-7-4-3-5-8-17)30-16(2)18-9-6-10-19(13-18)26(27)28/h3-13,16H,14H2,1-2H3. The molecule has 30 heavy (non-hydrogen) atoms. The third kappa shape index (κ3) is 4.13. The van der Waals surface area contributed by atoms with Crippen molar-refractivity contribution in [3.05, 3.63) is 93.9 Å². The molecular weight excluding hydrogens is 400 g/mol. The van der Waals surface area contributed by atoms with Gasteiger partial charge in [-0.2, -0.15) is 0 Å². The molecule has 0 aliphatic heterocycles. The zero-order chi connectivity index (χ0) is 21.1. The average Bonchev–Trinajstić information content (AvgIpc) is 3.34. The lowest BCUT2D eigenvalue weighted by molar-refractivity contribution is -0.384. The minimum Gasteiger partial charge on any atom is -0.469 e. The number of aryl methyl sites for hydroxylation is 1. The molecule has 4 aromatic rings. The Labute approximate surface area is 177 Å². The van der Waals surface area contributed by atoms with Crippen molar-refractivity contribution in [2.45, 2.75) is 30.8 Å². The van der Waals surface area contributed by atoms with Gasteiger partial charge in [-0.1, -0.05) is 54.2 Å². The van der Waals surface area contributed by atoms with Crippen LogP contribution in [-0.4, -0.2) is 19.7 Å². The molecule has 0 spiro atoms. The van der Waals surface area contributed by atoms with Crippen LogP contribution in [-0.2, 0) is 6.54 Å². The number of thioether (sulfide) groups is 1. The summed E-state index contributed by atoms with van der Waals surface area (Å²) in [6.45, 7) is 4.52. The lowest BCUT2D eigenvalue weighted by atomic mass is 10.1. The fraction of sp³-hybridized carbons (Fsp3) is 0.182. The number of nitro groups is 1. The average molecular weight is 420 g/mol. The summed E-state index contributed by atoms with van der Waals surface area (Å²) in [5.41, 5.74) is 2.97. The van der Waals surface area contributed by atoms with Gasteiger partial charge in [0.25, 0.3) is 5.69 Å². The molecule has 0 bridgehead atoms. The van der Waals surface area contributed by atoms with Crippen LogP contribution in [0.1, 0.15) is 29.1 Å². The summed E-state index contributed by atoms with van der Waals surface area (Å²) < 4.78 is 7.53. The van der Waals surface area contributed by atoms with Crippen molar-refractivity contribution in [3.8, 4) is 11.4 Å². The minimum atomic E-state index is -0.376. The zero-order valence-corrected chi connectivity index (χ0v) is 17.4. The Hall–Kier alpha value is -3.39. The predicted octanol–water partition coefficient (Wildman–Crippen LogP) is 5.66. The third-order valence-corrected chi connectivity index (χ3v) is 5.97. The number of nitrogens with zero attached hydrogens (tertiary/aromatic N) is 4. The Kier molecular flexibility index (Phi) is 5.67. The molecule has 0 radical (unpaired) electrons. The van der Waals surface area contributed by atoms with E-state index >= 15 is 0 Å². The molecule has 8 heteroatoms. The molecule has 1 atom stereocenters. The van der Waals surface area contributed by atoms with E-state index in [1.165, 1.54) is 17.8 Å². The van der Waals surface area contributed by atoms with Crippen LogP contribution < -0.4 is 0 Å². The van der Waals surface area contributed by atoms with Crippen molar-refractivity contribution in [2.24, 2.45) is 0 Å². The molecule has 2 heterocycles. The van der Waals surface area contributed by atoms with E-state index in [2.05, 4.69) is 26.9 Å². The normalized spacial score (nSPS) is 12.1. The number of rotatable bonds is 7. The highest BCUT2D eigenvalue weighted by Crippen LogP contribution is 2.37. The molecule has 4 rings (SSSR count). The topological polar surface area (TPSA) is 87.0 Å².